The smallest absolute Gasteiger partial charge is 0.410 e. The summed E-state index contributed by atoms with van der Waals surface area (Å²) in [5.74, 6) is 0. The van der Waals surface area contributed by atoms with Gasteiger partial charge in [0.25, 0.3) is 0 Å². The Bertz CT molecular complexity index is 662. The molecule has 1 aliphatic rings. The van der Waals surface area contributed by atoms with Crippen molar-refractivity contribution in [3.8, 4) is 0 Å². The zero-order valence-electron chi connectivity index (χ0n) is 14.6. The van der Waals surface area contributed by atoms with Crippen LogP contribution in [0.4, 0.5) is 4.79 Å². The Morgan fingerprint density at radius 2 is 2.00 bits per heavy atom. The average molecular weight is 327 g/mol. The fraction of sp³-hybridized carbons (Fsp3) is 0.474. The van der Waals surface area contributed by atoms with E-state index >= 15 is 0 Å². The lowest BCUT2D eigenvalue weighted by Gasteiger charge is -2.40. The highest BCUT2D eigenvalue weighted by atomic mass is 16.6. The third kappa shape index (κ3) is 3.78. The quantitative estimate of drug-likeness (QED) is 0.830. The Labute approximate surface area is 143 Å². The number of ether oxygens (including phenoxy) is 1. The maximum absolute atomic E-state index is 12.7. The van der Waals surface area contributed by atoms with Crippen molar-refractivity contribution >= 4 is 6.09 Å². The second kappa shape index (κ2) is 6.67. The standard InChI is InChI=1S/C19H25N3O2/c1-19(2,3)24-18(23)22-11-9-16(21-12-10-20-14-21)13-17(22)15-7-5-4-6-8-15/h4-8,10,12,14,16-17H,9,11,13H2,1-3H3. The van der Waals surface area contributed by atoms with E-state index in [1.54, 1.807) is 6.20 Å². The molecule has 2 aromatic rings. The number of carbonyl (C=O) groups excluding carboxylic acids is 1. The number of rotatable bonds is 2. The highest BCUT2D eigenvalue weighted by Crippen LogP contribution is 2.37. The summed E-state index contributed by atoms with van der Waals surface area (Å²) in [6, 6.07) is 10.6. The van der Waals surface area contributed by atoms with Crippen molar-refractivity contribution in [1.82, 2.24) is 14.5 Å². The molecule has 2 atom stereocenters. The Morgan fingerprint density at radius 3 is 2.62 bits per heavy atom. The number of amides is 1. The van der Waals surface area contributed by atoms with Gasteiger partial charge in [0.1, 0.15) is 5.60 Å². The van der Waals surface area contributed by atoms with E-state index in [2.05, 4.69) is 21.7 Å². The molecule has 128 valence electrons. The summed E-state index contributed by atoms with van der Waals surface area (Å²) in [4.78, 5) is 18.7. The molecule has 1 aliphatic heterocycles. The summed E-state index contributed by atoms with van der Waals surface area (Å²) < 4.78 is 7.76. The fourth-order valence-corrected chi connectivity index (χ4v) is 3.23. The van der Waals surface area contributed by atoms with Crippen LogP contribution in [0.5, 0.6) is 0 Å². The molecule has 0 radical (unpaired) electrons. The van der Waals surface area contributed by atoms with E-state index in [9.17, 15) is 4.79 Å². The van der Waals surface area contributed by atoms with Crippen LogP contribution in [0.1, 0.15) is 51.3 Å². The number of benzene rings is 1. The summed E-state index contributed by atoms with van der Waals surface area (Å²) in [7, 11) is 0. The van der Waals surface area contributed by atoms with Crippen molar-refractivity contribution in [2.75, 3.05) is 6.54 Å². The first-order valence-electron chi connectivity index (χ1n) is 8.46. The summed E-state index contributed by atoms with van der Waals surface area (Å²) >= 11 is 0. The van der Waals surface area contributed by atoms with Gasteiger partial charge in [-0.3, -0.25) is 0 Å². The molecule has 0 aliphatic carbocycles. The predicted molar refractivity (Wildman–Crippen MR) is 92.6 cm³/mol. The molecule has 5 heteroatoms. The van der Waals surface area contributed by atoms with Crippen LogP contribution in [0.2, 0.25) is 0 Å². The van der Waals surface area contributed by atoms with Crippen molar-refractivity contribution in [2.45, 2.75) is 51.3 Å². The molecular formula is C19H25N3O2. The third-order valence-electron chi connectivity index (χ3n) is 4.33. The van der Waals surface area contributed by atoms with Crippen LogP contribution in [-0.2, 0) is 4.74 Å². The van der Waals surface area contributed by atoms with E-state index in [1.807, 2.05) is 56.4 Å². The molecule has 1 saturated heterocycles. The summed E-state index contributed by atoms with van der Waals surface area (Å²) in [5, 5.41) is 0. The summed E-state index contributed by atoms with van der Waals surface area (Å²) in [5.41, 5.74) is 0.660. The number of carbonyl (C=O) groups is 1. The lowest BCUT2D eigenvalue weighted by atomic mass is 9.92. The van der Waals surface area contributed by atoms with Gasteiger partial charge in [0.15, 0.2) is 0 Å². The largest absolute Gasteiger partial charge is 0.444 e. The van der Waals surface area contributed by atoms with Crippen LogP contribution in [-0.4, -0.2) is 32.7 Å². The van der Waals surface area contributed by atoms with Gasteiger partial charge in [-0.25, -0.2) is 9.78 Å². The minimum Gasteiger partial charge on any atom is -0.444 e. The molecule has 2 unspecified atom stereocenters. The first kappa shape index (κ1) is 16.6. The van der Waals surface area contributed by atoms with Gasteiger partial charge < -0.3 is 14.2 Å². The zero-order chi connectivity index (χ0) is 17.2. The molecular weight excluding hydrogens is 302 g/mol. The molecule has 0 spiro atoms. The zero-order valence-corrected chi connectivity index (χ0v) is 14.6. The van der Waals surface area contributed by atoms with E-state index in [-0.39, 0.29) is 12.1 Å². The first-order valence-corrected chi connectivity index (χ1v) is 8.46. The SMILES string of the molecule is CC(C)(C)OC(=O)N1CCC(n2ccnc2)CC1c1ccccc1. The van der Waals surface area contributed by atoms with E-state index in [0.29, 0.717) is 12.6 Å². The van der Waals surface area contributed by atoms with E-state index in [0.717, 1.165) is 18.4 Å². The van der Waals surface area contributed by atoms with Gasteiger partial charge in [-0.05, 0) is 39.2 Å². The van der Waals surface area contributed by atoms with Crippen LogP contribution in [0, 0.1) is 0 Å². The topological polar surface area (TPSA) is 47.4 Å². The molecule has 5 nitrogen and oxygen atoms in total. The van der Waals surface area contributed by atoms with Crippen LogP contribution in [0.3, 0.4) is 0 Å². The minimum absolute atomic E-state index is 0.0159. The minimum atomic E-state index is -0.487. The molecule has 1 fully saturated rings. The van der Waals surface area contributed by atoms with Crippen LogP contribution < -0.4 is 0 Å². The Hall–Kier alpha value is -2.30. The molecule has 2 heterocycles. The second-order valence-corrected chi connectivity index (χ2v) is 7.29. The van der Waals surface area contributed by atoms with Crippen molar-refractivity contribution in [3.63, 3.8) is 0 Å². The molecule has 1 aromatic carbocycles. The van der Waals surface area contributed by atoms with Crippen LogP contribution >= 0.6 is 0 Å². The number of imidazole rings is 1. The summed E-state index contributed by atoms with van der Waals surface area (Å²) in [6.07, 6.45) is 7.18. The normalized spacial score (nSPS) is 21.5. The van der Waals surface area contributed by atoms with Gasteiger partial charge in [0.05, 0.1) is 12.4 Å². The van der Waals surface area contributed by atoms with Crippen molar-refractivity contribution in [2.24, 2.45) is 0 Å². The number of nitrogens with zero attached hydrogens (tertiary/aromatic N) is 3. The molecule has 0 saturated carbocycles. The third-order valence-corrected chi connectivity index (χ3v) is 4.33. The van der Waals surface area contributed by atoms with Gasteiger partial charge in [0.2, 0.25) is 0 Å². The maximum atomic E-state index is 12.7. The van der Waals surface area contributed by atoms with Gasteiger partial charge in [-0.1, -0.05) is 30.3 Å². The lowest BCUT2D eigenvalue weighted by Crippen LogP contribution is -2.44. The number of hydrogen-bond donors (Lipinski definition) is 0. The van der Waals surface area contributed by atoms with Gasteiger partial charge in [-0.2, -0.15) is 0 Å². The van der Waals surface area contributed by atoms with Gasteiger partial charge >= 0.3 is 6.09 Å². The van der Waals surface area contributed by atoms with E-state index < -0.39 is 5.60 Å². The molecule has 0 bridgehead atoms. The number of aromatic nitrogens is 2. The average Bonchev–Trinajstić information content (AvgIpc) is 3.08. The summed E-state index contributed by atoms with van der Waals surface area (Å²) in [6.45, 7) is 6.39. The van der Waals surface area contributed by atoms with Gasteiger partial charge in [0, 0.05) is 25.0 Å². The van der Waals surface area contributed by atoms with Crippen molar-refractivity contribution < 1.29 is 9.53 Å². The highest BCUT2D eigenvalue weighted by molar-refractivity contribution is 5.69. The second-order valence-electron chi connectivity index (χ2n) is 7.29. The van der Waals surface area contributed by atoms with E-state index in [4.69, 9.17) is 4.74 Å². The maximum Gasteiger partial charge on any atom is 0.410 e. The lowest BCUT2D eigenvalue weighted by molar-refractivity contribution is 0.00491. The monoisotopic (exact) mass is 327 g/mol. The molecule has 0 N–H and O–H groups in total. The number of piperidine rings is 1. The molecule has 3 rings (SSSR count). The Kier molecular flexibility index (Phi) is 4.60. The fourth-order valence-electron chi connectivity index (χ4n) is 3.23. The Balaban J connectivity index is 1.84. The highest BCUT2D eigenvalue weighted by Gasteiger charge is 2.35. The van der Waals surface area contributed by atoms with Crippen molar-refractivity contribution in [3.05, 3.63) is 54.6 Å². The van der Waals surface area contributed by atoms with Crippen LogP contribution in [0.15, 0.2) is 49.1 Å². The number of hydrogen-bond acceptors (Lipinski definition) is 3. The first-order chi connectivity index (χ1) is 11.4. The van der Waals surface area contributed by atoms with Gasteiger partial charge in [-0.15, -0.1) is 0 Å². The van der Waals surface area contributed by atoms with Crippen molar-refractivity contribution in [1.29, 1.82) is 0 Å². The number of likely N-dealkylation sites (tertiary alicyclic amines) is 1. The molecule has 1 aromatic heterocycles. The van der Waals surface area contributed by atoms with Crippen LogP contribution in [0.25, 0.3) is 0 Å². The molecule has 1 amide bonds. The Morgan fingerprint density at radius 1 is 1.25 bits per heavy atom. The molecule has 24 heavy (non-hydrogen) atoms. The predicted octanol–water partition coefficient (Wildman–Crippen LogP) is 4.20. The van der Waals surface area contributed by atoms with E-state index in [1.165, 1.54) is 0 Å².